The third-order valence-electron chi connectivity index (χ3n) is 7.73. The van der Waals surface area contributed by atoms with Crippen molar-refractivity contribution in [3.63, 3.8) is 0 Å². The molecule has 1 aromatic carbocycles. The minimum atomic E-state index is -0.0291. The monoisotopic (exact) mass is 525 g/mol. The topological polar surface area (TPSA) is 99.3 Å². The van der Waals surface area contributed by atoms with Crippen LogP contribution < -0.4 is 5.32 Å². The van der Waals surface area contributed by atoms with Gasteiger partial charge in [0.15, 0.2) is 0 Å². The van der Waals surface area contributed by atoms with Crippen molar-refractivity contribution in [1.82, 2.24) is 29.7 Å². The second kappa shape index (κ2) is 11.1. The van der Waals surface area contributed by atoms with Crippen LogP contribution in [0.15, 0.2) is 55.0 Å². The van der Waals surface area contributed by atoms with Gasteiger partial charge in [0.1, 0.15) is 6.10 Å². The lowest BCUT2D eigenvalue weighted by Crippen LogP contribution is -2.30. The van der Waals surface area contributed by atoms with E-state index in [1.165, 1.54) is 0 Å². The van der Waals surface area contributed by atoms with Gasteiger partial charge in [0.05, 0.1) is 46.7 Å². The van der Waals surface area contributed by atoms with Gasteiger partial charge in [-0.3, -0.25) is 14.8 Å². The van der Waals surface area contributed by atoms with Gasteiger partial charge >= 0.3 is 5.97 Å². The molecule has 5 heterocycles. The van der Waals surface area contributed by atoms with Gasteiger partial charge in [-0.05, 0) is 63.7 Å². The number of ether oxygens (including phenoxy) is 1. The minimum absolute atomic E-state index is 0.0152. The van der Waals surface area contributed by atoms with E-state index < -0.39 is 0 Å². The lowest BCUT2D eigenvalue weighted by molar-refractivity contribution is -0.152. The standard InChI is InChI=1S/C30H35N7O2/c1-20-4-3-5-27(35-20)29-28(33-19-34-29)21-6-7-26-23(14-21)15-24(16-32-26)31-10-13-37-12-8-22(17-37)30(38)39-25-9-11-36(2)18-25/h3-7,14-16,19,22,25,31H,8-13,17-18H2,1-2H3,(H,33,34)/t22?,25-/m0/s1. The van der Waals surface area contributed by atoms with E-state index in [1.54, 1.807) is 6.33 Å². The molecular formula is C30H35N7O2. The number of likely N-dealkylation sites (tertiary alicyclic amines) is 2. The third kappa shape index (κ3) is 5.79. The van der Waals surface area contributed by atoms with Gasteiger partial charge in [-0.15, -0.1) is 0 Å². The zero-order valence-electron chi connectivity index (χ0n) is 22.6. The number of aromatic amines is 1. The summed E-state index contributed by atoms with van der Waals surface area (Å²) in [6.07, 6.45) is 5.45. The molecule has 4 aromatic rings. The number of esters is 1. The van der Waals surface area contributed by atoms with Gasteiger partial charge in [0, 0.05) is 49.4 Å². The maximum atomic E-state index is 12.6. The van der Waals surface area contributed by atoms with Crippen LogP contribution in [0.4, 0.5) is 5.69 Å². The van der Waals surface area contributed by atoms with Crippen LogP contribution in [0.2, 0.25) is 0 Å². The Hall–Kier alpha value is -3.82. The van der Waals surface area contributed by atoms with E-state index in [2.05, 4.69) is 60.3 Å². The number of carbonyl (C=O) groups is 1. The Morgan fingerprint density at radius 2 is 2.05 bits per heavy atom. The molecule has 2 aliphatic rings. The lowest BCUT2D eigenvalue weighted by atomic mass is 10.0. The number of fused-ring (bicyclic) bond motifs is 1. The summed E-state index contributed by atoms with van der Waals surface area (Å²) in [5.74, 6) is -0.0443. The Morgan fingerprint density at radius 1 is 1.13 bits per heavy atom. The molecular weight excluding hydrogens is 490 g/mol. The van der Waals surface area contributed by atoms with Crippen LogP contribution in [0.3, 0.4) is 0 Å². The predicted molar refractivity (Wildman–Crippen MR) is 152 cm³/mol. The van der Waals surface area contributed by atoms with E-state index in [9.17, 15) is 4.79 Å². The van der Waals surface area contributed by atoms with Crippen molar-refractivity contribution in [2.24, 2.45) is 5.92 Å². The number of anilines is 1. The summed E-state index contributed by atoms with van der Waals surface area (Å²) in [5, 5.41) is 4.56. The zero-order chi connectivity index (χ0) is 26.8. The average Bonchev–Trinajstić information content (AvgIpc) is 3.70. The Kier molecular flexibility index (Phi) is 7.26. The highest BCUT2D eigenvalue weighted by Crippen LogP contribution is 2.30. The summed E-state index contributed by atoms with van der Waals surface area (Å²) in [6.45, 7) is 7.18. The number of pyridine rings is 2. The van der Waals surface area contributed by atoms with Crippen molar-refractivity contribution >= 4 is 22.6 Å². The fraction of sp³-hybridized carbons (Fsp3) is 0.400. The van der Waals surface area contributed by atoms with E-state index in [0.29, 0.717) is 0 Å². The molecule has 2 N–H and O–H groups in total. The first-order valence-electron chi connectivity index (χ1n) is 13.7. The summed E-state index contributed by atoms with van der Waals surface area (Å²) in [5.41, 5.74) is 6.54. The van der Waals surface area contributed by atoms with E-state index >= 15 is 0 Å². The summed E-state index contributed by atoms with van der Waals surface area (Å²) in [7, 11) is 2.07. The molecule has 0 saturated carbocycles. The molecule has 0 radical (unpaired) electrons. The highest BCUT2D eigenvalue weighted by Gasteiger charge is 2.32. The Labute approximate surface area is 228 Å². The van der Waals surface area contributed by atoms with Crippen molar-refractivity contribution in [3.05, 3.63) is 60.7 Å². The SMILES string of the molecule is Cc1cccc(-c2[nH]cnc2-c2ccc3ncc(NCCN4CCC(C(=O)O[C@H]5CCN(C)C5)C4)cc3c2)n1. The van der Waals surface area contributed by atoms with Crippen molar-refractivity contribution in [3.8, 4) is 22.6 Å². The summed E-state index contributed by atoms with van der Waals surface area (Å²) in [6, 6.07) is 14.3. The van der Waals surface area contributed by atoms with E-state index in [4.69, 9.17) is 4.74 Å². The van der Waals surface area contributed by atoms with Crippen LogP contribution in [0.25, 0.3) is 33.5 Å². The van der Waals surface area contributed by atoms with Crippen LogP contribution in [0, 0.1) is 12.8 Å². The highest BCUT2D eigenvalue weighted by molar-refractivity contribution is 5.88. The molecule has 2 atom stereocenters. The average molecular weight is 526 g/mol. The molecule has 2 fully saturated rings. The number of aromatic nitrogens is 4. The molecule has 39 heavy (non-hydrogen) atoms. The number of carbonyl (C=O) groups excluding carboxylic acids is 1. The lowest BCUT2D eigenvalue weighted by Gasteiger charge is -2.18. The van der Waals surface area contributed by atoms with Crippen LogP contribution in [-0.4, -0.2) is 88.1 Å². The van der Waals surface area contributed by atoms with Gasteiger partial charge in [-0.25, -0.2) is 4.98 Å². The number of hydrogen-bond donors (Lipinski definition) is 2. The number of nitrogens with one attached hydrogen (secondary N) is 2. The molecule has 0 aliphatic carbocycles. The first-order chi connectivity index (χ1) is 19.0. The number of H-pyrrole nitrogens is 1. The molecule has 3 aromatic heterocycles. The number of rotatable bonds is 8. The smallest absolute Gasteiger partial charge is 0.310 e. The van der Waals surface area contributed by atoms with E-state index in [0.717, 1.165) is 97.0 Å². The largest absolute Gasteiger partial charge is 0.461 e. The summed E-state index contributed by atoms with van der Waals surface area (Å²) >= 11 is 0. The fourth-order valence-corrected chi connectivity index (χ4v) is 5.60. The predicted octanol–water partition coefficient (Wildman–Crippen LogP) is 3.98. The molecule has 9 nitrogen and oxygen atoms in total. The minimum Gasteiger partial charge on any atom is -0.461 e. The van der Waals surface area contributed by atoms with Crippen LogP contribution in [0.5, 0.6) is 0 Å². The van der Waals surface area contributed by atoms with Gasteiger partial charge in [-0.2, -0.15) is 0 Å². The molecule has 2 aliphatic heterocycles. The zero-order valence-corrected chi connectivity index (χ0v) is 22.6. The molecule has 6 rings (SSSR count). The number of imidazole rings is 1. The first kappa shape index (κ1) is 25.5. The number of nitrogens with zero attached hydrogens (tertiary/aromatic N) is 5. The Bertz CT molecular complexity index is 1470. The van der Waals surface area contributed by atoms with Crippen molar-refractivity contribution in [1.29, 1.82) is 0 Å². The third-order valence-corrected chi connectivity index (χ3v) is 7.73. The second-order valence-corrected chi connectivity index (χ2v) is 10.7. The molecule has 0 bridgehead atoms. The maximum Gasteiger partial charge on any atom is 0.310 e. The van der Waals surface area contributed by atoms with Crippen molar-refractivity contribution in [2.45, 2.75) is 25.9 Å². The van der Waals surface area contributed by atoms with Crippen molar-refractivity contribution in [2.75, 3.05) is 51.6 Å². The Morgan fingerprint density at radius 3 is 2.90 bits per heavy atom. The van der Waals surface area contributed by atoms with Crippen molar-refractivity contribution < 1.29 is 9.53 Å². The van der Waals surface area contributed by atoms with Crippen LogP contribution in [0.1, 0.15) is 18.5 Å². The fourth-order valence-electron chi connectivity index (χ4n) is 5.60. The summed E-state index contributed by atoms with van der Waals surface area (Å²) < 4.78 is 5.76. The van der Waals surface area contributed by atoms with Gasteiger partial charge in [-0.1, -0.05) is 12.1 Å². The number of benzene rings is 1. The van der Waals surface area contributed by atoms with Gasteiger partial charge < -0.3 is 24.8 Å². The molecule has 2 saturated heterocycles. The molecule has 9 heteroatoms. The molecule has 0 amide bonds. The number of aryl methyl sites for hydroxylation is 1. The summed E-state index contributed by atoms with van der Waals surface area (Å²) in [4.78, 5) is 34.3. The van der Waals surface area contributed by atoms with Crippen LogP contribution >= 0.6 is 0 Å². The Balaban J connectivity index is 1.07. The molecule has 1 unspecified atom stereocenters. The normalized spacial score (nSPS) is 20.1. The highest BCUT2D eigenvalue weighted by atomic mass is 16.5. The molecule has 202 valence electrons. The van der Waals surface area contributed by atoms with Crippen LogP contribution in [-0.2, 0) is 9.53 Å². The maximum absolute atomic E-state index is 12.6. The molecule has 0 spiro atoms. The number of likely N-dealkylation sites (N-methyl/N-ethyl adjacent to an activating group) is 1. The quantitative estimate of drug-likeness (QED) is 0.334. The number of hydrogen-bond acceptors (Lipinski definition) is 8. The second-order valence-electron chi connectivity index (χ2n) is 10.7. The first-order valence-corrected chi connectivity index (χ1v) is 13.7. The van der Waals surface area contributed by atoms with Gasteiger partial charge in [0.25, 0.3) is 0 Å². The van der Waals surface area contributed by atoms with Gasteiger partial charge in [0.2, 0.25) is 0 Å². The van der Waals surface area contributed by atoms with E-state index in [1.807, 2.05) is 37.4 Å². The van der Waals surface area contributed by atoms with E-state index in [-0.39, 0.29) is 18.0 Å².